The van der Waals surface area contributed by atoms with Crippen LogP contribution < -0.4 is 11.1 Å². The van der Waals surface area contributed by atoms with Gasteiger partial charge in [0, 0.05) is 18.2 Å². The second-order valence-corrected chi connectivity index (χ2v) is 5.35. The fourth-order valence-electron chi connectivity index (χ4n) is 2.11. The first-order chi connectivity index (χ1) is 8.43. The summed E-state index contributed by atoms with van der Waals surface area (Å²) >= 11 is 0. The largest absolute Gasteiger partial charge is 0.348 e. The van der Waals surface area contributed by atoms with Crippen LogP contribution in [-0.2, 0) is 0 Å². The Morgan fingerprint density at radius 3 is 2.42 bits per heavy atom. The smallest absolute Gasteiger partial charge is 0.251 e. The van der Waals surface area contributed by atoms with Gasteiger partial charge in [-0.05, 0) is 37.8 Å². The molecule has 0 heterocycles. The average Bonchev–Trinajstić information content (AvgIpc) is 2.27. The number of rotatable bonds is 5. The quantitative estimate of drug-likeness (QED) is 0.873. The Hall–Kier alpha value is -1.06. The van der Waals surface area contributed by atoms with Crippen molar-refractivity contribution in [2.24, 2.45) is 11.7 Å². The minimum atomic E-state index is -0.0244. The molecule has 0 saturated carbocycles. The van der Waals surface area contributed by atoms with E-state index < -0.39 is 0 Å². The summed E-state index contributed by atoms with van der Waals surface area (Å²) in [7, 11) is 0. The number of hydrogen-bond donors (Lipinski definition) is 2. The lowest BCUT2D eigenvalue weighted by molar-refractivity contribution is 0.0933. The predicted octanol–water partition coefficient (Wildman–Crippen LogP) is 2.83. The van der Waals surface area contributed by atoms with E-state index in [-0.39, 0.29) is 24.4 Å². The van der Waals surface area contributed by atoms with E-state index in [1.54, 1.807) is 0 Å². The Bertz CT molecular complexity index is 419. The van der Waals surface area contributed by atoms with E-state index in [0.29, 0.717) is 12.5 Å². The number of aryl methyl sites for hydroxylation is 2. The fourth-order valence-corrected chi connectivity index (χ4v) is 2.11. The molecule has 0 radical (unpaired) electrons. The van der Waals surface area contributed by atoms with Gasteiger partial charge < -0.3 is 11.1 Å². The van der Waals surface area contributed by atoms with Crippen molar-refractivity contribution >= 4 is 18.3 Å². The molecule has 0 spiro atoms. The van der Waals surface area contributed by atoms with Crippen molar-refractivity contribution < 1.29 is 4.79 Å². The molecule has 0 fully saturated rings. The molecule has 4 heteroatoms. The van der Waals surface area contributed by atoms with Crippen LogP contribution >= 0.6 is 12.4 Å². The van der Waals surface area contributed by atoms with Gasteiger partial charge in [0.2, 0.25) is 0 Å². The Morgan fingerprint density at radius 1 is 1.32 bits per heavy atom. The van der Waals surface area contributed by atoms with E-state index >= 15 is 0 Å². The van der Waals surface area contributed by atoms with Crippen LogP contribution in [0.5, 0.6) is 0 Å². The van der Waals surface area contributed by atoms with Gasteiger partial charge in [-0.25, -0.2) is 0 Å². The van der Waals surface area contributed by atoms with Gasteiger partial charge in [-0.15, -0.1) is 12.4 Å². The van der Waals surface area contributed by atoms with Crippen LogP contribution in [0.15, 0.2) is 18.2 Å². The molecule has 3 N–H and O–H groups in total. The highest BCUT2D eigenvalue weighted by Crippen LogP contribution is 2.11. The highest BCUT2D eigenvalue weighted by Gasteiger charge is 2.15. The van der Waals surface area contributed by atoms with Gasteiger partial charge in [0.1, 0.15) is 0 Å². The van der Waals surface area contributed by atoms with Crippen molar-refractivity contribution in [1.82, 2.24) is 5.32 Å². The molecular formula is C15H25ClN2O. The summed E-state index contributed by atoms with van der Waals surface area (Å²) in [5.74, 6) is 0.501. The van der Waals surface area contributed by atoms with E-state index in [9.17, 15) is 4.79 Å². The first kappa shape index (κ1) is 17.9. The number of carbonyl (C=O) groups is 1. The maximum Gasteiger partial charge on any atom is 0.251 e. The predicted molar refractivity (Wildman–Crippen MR) is 82.9 cm³/mol. The van der Waals surface area contributed by atoms with Crippen LogP contribution in [0.1, 0.15) is 41.8 Å². The summed E-state index contributed by atoms with van der Waals surface area (Å²) in [6, 6.07) is 5.91. The molecule has 0 aliphatic rings. The van der Waals surface area contributed by atoms with E-state index in [1.165, 1.54) is 5.56 Å². The minimum absolute atomic E-state index is 0. The first-order valence-corrected chi connectivity index (χ1v) is 6.52. The maximum absolute atomic E-state index is 12.2. The number of carbonyl (C=O) groups excluding carboxylic acids is 1. The van der Waals surface area contributed by atoms with Gasteiger partial charge in [0.05, 0.1) is 0 Å². The third kappa shape index (κ3) is 5.62. The van der Waals surface area contributed by atoms with E-state index in [1.807, 2.05) is 32.0 Å². The molecule has 1 unspecified atom stereocenters. The second-order valence-electron chi connectivity index (χ2n) is 5.35. The number of halogens is 1. The van der Waals surface area contributed by atoms with Crippen molar-refractivity contribution in [2.45, 2.75) is 40.2 Å². The van der Waals surface area contributed by atoms with Crippen molar-refractivity contribution in [2.75, 3.05) is 6.54 Å². The molecule has 0 bridgehead atoms. The third-order valence-corrected chi connectivity index (χ3v) is 3.00. The summed E-state index contributed by atoms with van der Waals surface area (Å²) in [6.45, 7) is 8.73. The number of benzene rings is 1. The summed E-state index contributed by atoms with van der Waals surface area (Å²) in [5.41, 5.74) is 8.61. The van der Waals surface area contributed by atoms with Crippen LogP contribution in [0.2, 0.25) is 0 Å². The summed E-state index contributed by atoms with van der Waals surface area (Å²) in [6.07, 6.45) is 0.910. The molecule has 1 aromatic carbocycles. The molecule has 1 rings (SSSR count). The number of nitrogens with one attached hydrogen (secondary N) is 1. The van der Waals surface area contributed by atoms with Gasteiger partial charge in [-0.1, -0.05) is 31.5 Å². The highest BCUT2D eigenvalue weighted by molar-refractivity contribution is 5.95. The van der Waals surface area contributed by atoms with Gasteiger partial charge >= 0.3 is 0 Å². The average molecular weight is 285 g/mol. The van der Waals surface area contributed by atoms with Crippen LogP contribution in [-0.4, -0.2) is 18.5 Å². The normalized spacial score (nSPS) is 11.9. The van der Waals surface area contributed by atoms with E-state index in [2.05, 4.69) is 19.2 Å². The second kappa shape index (κ2) is 8.18. The first-order valence-electron chi connectivity index (χ1n) is 6.52. The molecule has 0 aliphatic carbocycles. The summed E-state index contributed by atoms with van der Waals surface area (Å²) < 4.78 is 0. The van der Waals surface area contributed by atoms with Crippen LogP contribution in [0.25, 0.3) is 0 Å². The van der Waals surface area contributed by atoms with Crippen LogP contribution in [0.3, 0.4) is 0 Å². The lowest BCUT2D eigenvalue weighted by Gasteiger charge is -2.19. The molecule has 3 nitrogen and oxygen atoms in total. The molecule has 1 amide bonds. The standard InChI is InChI=1S/C15H24N2O.ClH/c1-10(2)7-13(9-16)17-15(18)14-6-5-11(3)8-12(14)4;/h5-6,8,10,13H,7,9,16H2,1-4H3,(H,17,18);1H. The van der Waals surface area contributed by atoms with Crippen molar-refractivity contribution in [3.05, 3.63) is 34.9 Å². The molecule has 0 saturated heterocycles. The molecule has 0 aromatic heterocycles. The van der Waals surface area contributed by atoms with Crippen molar-refractivity contribution in [3.63, 3.8) is 0 Å². The zero-order valence-electron chi connectivity index (χ0n) is 12.2. The van der Waals surface area contributed by atoms with E-state index in [0.717, 1.165) is 17.5 Å². The number of hydrogen-bond acceptors (Lipinski definition) is 2. The fraction of sp³-hybridized carbons (Fsp3) is 0.533. The van der Waals surface area contributed by atoms with Crippen LogP contribution in [0.4, 0.5) is 0 Å². The Balaban J connectivity index is 0.00000324. The number of nitrogens with two attached hydrogens (primary N) is 1. The van der Waals surface area contributed by atoms with Gasteiger partial charge in [-0.3, -0.25) is 4.79 Å². The zero-order chi connectivity index (χ0) is 13.7. The van der Waals surface area contributed by atoms with E-state index in [4.69, 9.17) is 5.73 Å². The SMILES string of the molecule is Cc1ccc(C(=O)NC(CN)CC(C)C)c(C)c1.Cl. The van der Waals surface area contributed by atoms with Crippen molar-refractivity contribution in [1.29, 1.82) is 0 Å². The lowest BCUT2D eigenvalue weighted by Crippen LogP contribution is -2.41. The Morgan fingerprint density at radius 2 is 1.95 bits per heavy atom. The molecule has 0 aliphatic heterocycles. The highest BCUT2D eigenvalue weighted by atomic mass is 35.5. The minimum Gasteiger partial charge on any atom is -0.348 e. The molecular weight excluding hydrogens is 260 g/mol. The molecule has 108 valence electrons. The monoisotopic (exact) mass is 284 g/mol. The molecule has 1 atom stereocenters. The molecule has 1 aromatic rings. The molecule has 19 heavy (non-hydrogen) atoms. The maximum atomic E-state index is 12.2. The van der Waals surface area contributed by atoms with Gasteiger partial charge in [-0.2, -0.15) is 0 Å². The number of amides is 1. The summed E-state index contributed by atoms with van der Waals surface area (Å²) in [5, 5.41) is 3.01. The Labute approximate surface area is 122 Å². The zero-order valence-corrected chi connectivity index (χ0v) is 13.0. The Kier molecular flexibility index (Phi) is 7.72. The van der Waals surface area contributed by atoms with Gasteiger partial charge in [0.25, 0.3) is 5.91 Å². The summed E-state index contributed by atoms with van der Waals surface area (Å²) in [4.78, 5) is 12.2. The van der Waals surface area contributed by atoms with Gasteiger partial charge in [0.15, 0.2) is 0 Å². The lowest BCUT2D eigenvalue weighted by atomic mass is 10.0. The van der Waals surface area contributed by atoms with Crippen molar-refractivity contribution in [3.8, 4) is 0 Å². The third-order valence-electron chi connectivity index (χ3n) is 3.00. The van der Waals surface area contributed by atoms with Crippen LogP contribution in [0, 0.1) is 19.8 Å². The topological polar surface area (TPSA) is 55.1 Å².